The Balaban J connectivity index is 0.000000621. The first-order valence-corrected chi connectivity index (χ1v) is 14.0. The number of aliphatic carboxylic acids is 1. The molecule has 2 aliphatic heterocycles. The SMILES string of the molecule is CC(CO)(CO)C(=O)O.CC1(C)CC(OC(=O)C(C)(CO)CO)CC(C)(C)N1.CN1C(C)(C)CC(O)CC1(C)C. The Morgan fingerprint density at radius 3 is 1.40 bits per heavy atom. The van der Waals surface area contributed by atoms with Crippen molar-refractivity contribution in [3.8, 4) is 0 Å². The predicted octanol–water partition coefficient (Wildman–Crippen LogP) is 1.52. The van der Waals surface area contributed by atoms with Crippen LogP contribution in [0.4, 0.5) is 0 Å². The molecule has 11 heteroatoms. The molecule has 2 saturated heterocycles. The van der Waals surface area contributed by atoms with E-state index in [-0.39, 0.29) is 34.4 Å². The minimum Gasteiger partial charge on any atom is -0.481 e. The number of nitrogens with zero attached hydrogens (tertiary/aromatic N) is 1. The zero-order valence-corrected chi connectivity index (χ0v) is 26.7. The van der Waals surface area contributed by atoms with E-state index in [0.717, 1.165) is 25.7 Å². The van der Waals surface area contributed by atoms with Crippen molar-refractivity contribution in [3.63, 3.8) is 0 Å². The Labute approximate surface area is 240 Å². The number of piperidine rings is 2. The Hall–Kier alpha value is -1.34. The number of esters is 1. The molecule has 2 rings (SSSR count). The molecule has 0 saturated carbocycles. The molecule has 0 aliphatic carbocycles. The zero-order chi connectivity index (χ0) is 32.0. The van der Waals surface area contributed by atoms with Crippen LogP contribution in [-0.2, 0) is 14.3 Å². The van der Waals surface area contributed by atoms with Crippen molar-refractivity contribution in [1.29, 1.82) is 0 Å². The lowest BCUT2D eigenvalue weighted by atomic mass is 9.79. The fourth-order valence-electron chi connectivity index (χ4n) is 5.29. The lowest BCUT2D eigenvalue weighted by Gasteiger charge is -2.52. The van der Waals surface area contributed by atoms with Crippen LogP contribution in [0.25, 0.3) is 0 Å². The van der Waals surface area contributed by atoms with Crippen LogP contribution in [-0.4, -0.2) is 115 Å². The molecule has 0 radical (unpaired) electrons. The van der Waals surface area contributed by atoms with Crippen molar-refractivity contribution in [3.05, 3.63) is 0 Å². The number of hydrogen-bond donors (Lipinski definition) is 7. The summed E-state index contributed by atoms with van der Waals surface area (Å²) in [5.41, 5.74) is -2.58. The highest BCUT2D eigenvalue weighted by molar-refractivity contribution is 5.77. The van der Waals surface area contributed by atoms with Gasteiger partial charge in [-0.2, -0.15) is 0 Å². The van der Waals surface area contributed by atoms with Crippen LogP contribution in [0, 0.1) is 10.8 Å². The number of hydrogen-bond acceptors (Lipinski definition) is 10. The van der Waals surface area contributed by atoms with Gasteiger partial charge in [0.05, 0.1) is 32.5 Å². The number of likely N-dealkylation sites (tertiary alicyclic amines) is 1. The van der Waals surface area contributed by atoms with E-state index in [1.165, 1.54) is 13.8 Å². The maximum atomic E-state index is 12.1. The molecular weight excluding hydrogens is 520 g/mol. The van der Waals surface area contributed by atoms with E-state index in [2.05, 4.69) is 72.7 Å². The van der Waals surface area contributed by atoms with Gasteiger partial charge in [-0.1, -0.05) is 0 Å². The smallest absolute Gasteiger partial charge is 0.316 e. The first-order valence-electron chi connectivity index (χ1n) is 14.0. The quantitative estimate of drug-likeness (QED) is 0.218. The molecule has 0 unspecified atom stereocenters. The minimum atomic E-state index is -1.39. The van der Waals surface area contributed by atoms with Gasteiger partial charge in [0.15, 0.2) is 0 Å². The number of nitrogens with one attached hydrogen (secondary N) is 1. The summed E-state index contributed by atoms with van der Waals surface area (Å²) in [6.45, 7) is 17.9. The molecule has 0 aromatic heterocycles. The molecule has 238 valence electrons. The normalized spacial score (nSPS) is 22.7. The molecule has 2 aliphatic rings. The lowest BCUT2D eigenvalue weighted by Crippen LogP contribution is -2.60. The van der Waals surface area contributed by atoms with E-state index >= 15 is 0 Å². The molecule has 0 atom stereocenters. The molecule has 2 fully saturated rings. The summed E-state index contributed by atoms with van der Waals surface area (Å²) in [6, 6.07) is 0. The van der Waals surface area contributed by atoms with Crippen molar-refractivity contribution >= 4 is 11.9 Å². The highest BCUT2D eigenvalue weighted by Crippen LogP contribution is 2.36. The van der Waals surface area contributed by atoms with E-state index in [9.17, 15) is 24.9 Å². The number of carbonyl (C=O) groups excluding carboxylic acids is 1. The summed E-state index contributed by atoms with van der Waals surface area (Å²) in [5.74, 6) is -1.72. The van der Waals surface area contributed by atoms with E-state index < -0.39 is 49.2 Å². The maximum absolute atomic E-state index is 12.1. The second kappa shape index (κ2) is 14.2. The third-order valence-corrected chi connectivity index (χ3v) is 8.12. The molecule has 7 N–H and O–H groups in total. The van der Waals surface area contributed by atoms with Crippen LogP contribution in [0.15, 0.2) is 0 Å². The van der Waals surface area contributed by atoms with Gasteiger partial charge in [-0.05, 0) is 89.1 Å². The van der Waals surface area contributed by atoms with Crippen LogP contribution in [0.1, 0.15) is 94.9 Å². The highest BCUT2D eigenvalue weighted by atomic mass is 16.5. The summed E-state index contributed by atoms with van der Waals surface area (Å²) in [6.07, 6.45) is 2.87. The van der Waals surface area contributed by atoms with Crippen molar-refractivity contribution in [2.45, 2.75) is 129 Å². The van der Waals surface area contributed by atoms with Crippen LogP contribution >= 0.6 is 0 Å². The fourth-order valence-corrected chi connectivity index (χ4v) is 5.29. The van der Waals surface area contributed by atoms with Crippen LogP contribution in [0.2, 0.25) is 0 Å². The zero-order valence-electron chi connectivity index (χ0n) is 26.7. The number of carboxylic acids is 1. The van der Waals surface area contributed by atoms with Crippen molar-refractivity contribution in [2.24, 2.45) is 10.8 Å². The maximum Gasteiger partial charge on any atom is 0.316 e. The Morgan fingerprint density at radius 1 is 0.775 bits per heavy atom. The molecule has 0 aromatic rings. The second-order valence-corrected chi connectivity index (χ2v) is 14.6. The second-order valence-electron chi connectivity index (χ2n) is 14.6. The fraction of sp³-hybridized carbons (Fsp3) is 0.931. The van der Waals surface area contributed by atoms with Gasteiger partial charge in [0, 0.05) is 35.0 Å². The van der Waals surface area contributed by atoms with Gasteiger partial charge in [0.2, 0.25) is 0 Å². The van der Waals surface area contributed by atoms with Crippen molar-refractivity contribution in [2.75, 3.05) is 33.5 Å². The summed E-state index contributed by atoms with van der Waals surface area (Å²) in [4.78, 5) is 24.6. The molecule has 0 aromatic carbocycles. The van der Waals surface area contributed by atoms with E-state index in [0.29, 0.717) is 0 Å². The van der Waals surface area contributed by atoms with Gasteiger partial charge in [-0.15, -0.1) is 0 Å². The minimum absolute atomic E-state index is 0.110. The summed E-state index contributed by atoms with van der Waals surface area (Å²) >= 11 is 0. The average molecular weight is 579 g/mol. The molecule has 0 bridgehead atoms. The van der Waals surface area contributed by atoms with Gasteiger partial charge in [0.25, 0.3) is 0 Å². The van der Waals surface area contributed by atoms with Crippen LogP contribution in [0.5, 0.6) is 0 Å². The molecule has 2 heterocycles. The summed E-state index contributed by atoms with van der Waals surface area (Å²) in [7, 11) is 2.14. The Bertz CT molecular complexity index is 784. The highest BCUT2D eigenvalue weighted by Gasteiger charge is 2.43. The number of carbonyl (C=O) groups is 2. The molecule has 40 heavy (non-hydrogen) atoms. The van der Waals surface area contributed by atoms with Crippen molar-refractivity contribution < 1.29 is 45.0 Å². The Kier molecular flexibility index (Phi) is 13.7. The summed E-state index contributed by atoms with van der Waals surface area (Å²) in [5, 5.41) is 56.8. The number of ether oxygens (including phenoxy) is 1. The predicted molar refractivity (Wildman–Crippen MR) is 154 cm³/mol. The molecular formula is C29H58N2O9. The van der Waals surface area contributed by atoms with E-state index in [1.807, 2.05) is 0 Å². The van der Waals surface area contributed by atoms with Gasteiger partial charge in [0.1, 0.15) is 16.9 Å². The van der Waals surface area contributed by atoms with Gasteiger partial charge in [-0.3, -0.25) is 14.5 Å². The molecule has 0 amide bonds. The lowest BCUT2D eigenvalue weighted by molar-refractivity contribution is -0.169. The number of aliphatic hydroxyl groups excluding tert-OH is 5. The number of rotatable bonds is 7. The third-order valence-electron chi connectivity index (χ3n) is 8.12. The van der Waals surface area contributed by atoms with Gasteiger partial charge >= 0.3 is 11.9 Å². The monoisotopic (exact) mass is 578 g/mol. The third kappa shape index (κ3) is 11.2. The first kappa shape index (κ1) is 38.7. The van der Waals surface area contributed by atoms with Crippen molar-refractivity contribution in [1.82, 2.24) is 10.2 Å². The van der Waals surface area contributed by atoms with Crippen LogP contribution < -0.4 is 5.32 Å². The Morgan fingerprint density at radius 2 is 1.12 bits per heavy atom. The van der Waals surface area contributed by atoms with Gasteiger partial charge < -0.3 is 40.7 Å². The van der Waals surface area contributed by atoms with Crippen LogP contribution in [0.3, 0.4) is 0 Å². The average Bonchev–Trinajstić information content (AvgIpc) is 2.79. The van der Waals surface area contributed by atoms with E-state index in [1.54, 1.807) is 0 Å². The topological polar surface area (TPSA) is 180 Å². The first-order chi connectivity index (χ1) is 17.9. The number of aliphatic hydroxyl groups is 5. The molecule has 11 nitrogen and oxygen atoms in total. The summed E-state index contributed by atoms with van der Waals surface area (Å²) < 4.78 is 5.51. The van der Waals surface area contributed by atoms with Gasteiger partial charge in [-0.25, -0.2) is 0 Å². The van der Waals surface area contributed by atoms with E-state index in [4.69, 9.17) is 20.1 Å². The molecule has 0 spiro atoms. The standard InChI is InChI=1S/C14H27NO4.C10H21NO.C5H10O4/c1-12(2)6-10(7-13(3,4)15-12)19-11(18)14(5,8-16)9-17;1-9(2)6-8(12)7-10(3,4)11(9)5;1-5(2-6,3-7)4(8)9/h10,15-17H,6-9H2,1-5H3;8,12H,6-7H2,1-5H3;6-7H,2-3H2,1H3,(H,8,9). The largest absolute Gasteiger partial charge is 0.481 e. The number of carboxylic acid groups (broad SMARTS) is 1.